The predicted octanol–water partition coefficient (Wildman–Crippen LogP) is 1.67. The first-order valence-electron chi connectivity index (χ1n) is 6.78. The van der Waals surface area contributed by atoms with Crippen LogP contribution in [0.1, 0.15) is 31.2 Å². The fourth-order valence-electron chi connectivity index (χ4n) is 2.53. The fourth-order valence-corrected chi connectivity index (χ4v) is 2.53. The Kier molecular flexibility index (Phi) is 4.22. The van der Waals surface area contributed by atoms with Gasteiger partial charge >= 0.3 is 5.97 Å². The molecule has 2 atom stereocenters. The Morgan fingerprint density at radius 1 is 1.47 bits per heavy atom. The van der Waals surface area contributed by atoms with Crippen LogP contribution in [0, 0.1) is 0 Å². The molecule has 0 amide bonds. The second-order valence-electron chi connectivity index (χ2n) is 5.67. The lowest BCUT2D eigenvalue weighted by Gasteiger charge is -2.23. The van der Waals surface area contributed by atoms with Gasteiger partial charge in [-0.25, -0.2) is 0 Å². The molecule has 1 aromatic carbocycles. The molecule has 0 radical (unpaired) electrons. The van der Waals surface area contributed by atoms with E-state index in [-0.39, 0.29) is 0 Å². The summed E-state index contributed by atoms with van der Waals surface area (Å²) in [6.07, 6.45) is 1.63. The highest BCUT2D eigenvalue weighted by Crippen LogP contribution is 2.27. The molecule has 104 valence electrons. The average Bonchev–Trinajstić information content (AvgIpc) is 2.86. The van der Waals surface area contributed by atoms with Crippen LogP contribution >= 0.6 is 0 Å². The number of carbonyl (C=O) groups is 1. The number of hydrogen-bond acceptors (Lipinski definition) is 3. The minimum atomic E-state index is -1.12. The van der Waals surface area contributed by atoms with Crippen LogP contribution in [0.2, 0.25) is 0 Å². The minimum Gasteiger partial charge on any atom is -0.480 e. The molecule has 4 nitrogen and oxygen atoms in total. The molecular weight excluding hydrogens is 240 g/mol. The predicted molar refractivity (Wildman–Crippen MR) is 75.1 cm³/mol. The highest BCUT2D eigenvalue weighted by Gasteiger charge is 2.30. The average molecular weight is 262 g/mol. The Hall–Kier alpha value is -1.39. The molecule has 0 spiro atoms. The number of nitrogens with two attached hydrogens (primary N) is 1. The number of benzene rings is 1. The van der Waals surface area contributed by atoms with Gasteiger partial charge < -0.3 is 15.7 Å². The summed E-state index contributed by atoms with van der Waals surface area (Å²) >= 11 is 0. The molecular formula is C15H22N2O2. The van der Waals surface area contributed by atoms with Crippen molar-refractivity contribution in [3.63, 3.8) is 0 Å². The maximum absolute atomic E-state index is 11.0. The molecule has 1 saturated heterocycles. The molecule has 4 heteroatoms. The maximum atomic E-state index is 11.0. The number of hydrogen-bond donors (Lipinski definition) is 2. The molecule has 0 aromatic heterocycles. The highest BCUT2D eigenvalue weighted by atomic mass is 16.4. The van der Waals surface area contributed by atoms with Crippen molar-refractivity contribution in [2.45, 2.75) is 31.2 Å². The second-order valence-corrected chi connectivity index (χ2v) is 5.67. The van der Waals surface area contributed by atoms with E-state index in [1.165, 1.54) is 5.56 Å². The summed E-state index contributed by atoms with van der Waals surface area (Å²) in [5.74, 6) is -0.360. The van der Waals surface area contributed by atoms with Crippen molar-refractivity contribution in [3.05, 3.63) is 35.9 Å². The van der Waals surface area contributed by atoms with Crippen molar-refractivity contribution in [2.75, 3.05) is 19.6 Å². The standard InChI is InChI=1S/C15H22N2O2/c1-15(16,14(18)19)8-10-17-9-7-13(11-17)12-5-3-2-4-6-12/h2-6,13H,7-11,16H2,1H3,(H,18,19). The number of nitrogens with zero attached hydrogens (tertiary/aromatic N) is 1. The van der Waals surface area contributed by atoms with Crippen molar-refractivity contribution in [1.82, 2.24) is 4.90 Å². The van der Waals surface area contributed by atoms with Crippen molar-refractivity contribution in [2.24, 2.45) is 5.73 Å². The van der Waals surface area contributed by atoms with E-state index in [9.17, 15) is 4.79 Å². The van der Waals surface area contributed by atoms with E-state index in [1.807, 2.05) is 6.07 Å². The van der Waals surface area contributed by atoms with Gasteiger partial charge in [0.15, 0.2) is 0 Å². The van der Waals surface area contributed by atoms with Crippen LogP contribution in [0.15, 0.2) is 30.3 Å². The molecule has 1 fully saturated rings. The zero-order valence-electron chi connectivity index (χ0n) is 11.4. The Bertz CT molecular complexity index is 431. The SMILES string of the molecule is CC(N)(CCN1CCC(c2ccccc2)C1)C(=O)O. The molecule has 0 saturated carbocycles. The smallest absolute Gasteiger partial charge is 0.323 e. The van der Waals surface area contributed by atoms with Crippen LogP contribution < -0.4 is 5.73 Å². The number of likely N-dealkylation sites (tertiary alicyclic amines) is 1. The molecule has 0 aliphatic carbocycles. The molecule has 19 heavy (non-hydrogen) atoms. The van der Waals surface area contributed by atoms with Crippen LogP contribution in [0.3, 0.4) is 0 Å². The lowest BCUT2D eigenvalue weighted by atomic mass is 9.98. The zero-order chi connectivity index (χ0) is 13.9. The Balaban J connectivity index is 1.85. The van der Waals surface area contributed by atoms with Crippen LogP contribution in [-0.4, -0.2) is 41.1 Å². The third-order valence-corrected chi connectivity index (χ3v) is 3.98. The molecule has 1 aliphatic rings. The zero-order valence-corrected chi connectivity index (χ0v) is 11.4. The van der Waals surface area contributed by atoms with E-state index in [2.05, 4.69) is 29.2 Å². The number of carboxylic acid groups (broad SMARTS) is 1. The summed E-state index contributed by atoms with van der Waals surface area (Å²) < 4.78 is 0. The second kappa shape index (κ2) is 5.72. The van der Waals surface area contributed by atoms with Gasteiger partial charge in [-0.15, -0.1) is 0 Å². The summed E-state index contributed by atoms with van der Waals surface area (Å²) in [6, 6.07) is 10.5. The Morgan fingerprint density at radius 3 is 2.79 bits per heavy atom. The quantitative estimate of drug-likeness (QED) is 0.847. The largest absolute Gasteiger partial charge is 0.480 e. The Labute approximate surface area is 114 Å². The summed E-state index contributed by atoms with van der Waals surface area (Å²) in [6.45, 7) is 4.36. The number of rotatable bonds is 5. The molecule has 2 rings (SSSR count). The lowest BCUT2D eigenvalue weighted by molar-refractivity contribution is -0.143. The van der Waals surface area contributed by atoms with Gasteiger partial charge in [0.2, 0.25) is 0 Å². The third kappa shape index (κ3) is 3.55. The molecule has 0 bridgehead atoms. The summed E-state index contributed by atoms with van der Waals surface area (Å²) in [5, 5.41) is 9.00. The monoisotopic (exact) mass is 262 g/mol. The van der Waals surface area contributed by atoms with Crippen molar-refractivity contribution >= 4 is 5.97 Å². The van der Waals surface area contributed by atoms with Crippen molar-refractivity contribution in [3.8, 4) is 0 Å². The van der Waals surface area contributed by atoms with E-state index >= 15 is 0 Å². The van der Waals surface area contributed by atoms with Crippen molar-refractivity contribution < 1.29 is 9.90 Å². The number of aliphatic carboxylic acids is 1. The van der Waals surface area contributed by atoms with Gasteiger partial charge in [0.25, 0.3) is 0 Å². The normalized spacial score (nSPS) is 23.2. The van der Waals surface area contributed by atoms with E-state index < -0.39 is 11.5 Å². The summed E-state index contributed by atoms with van der Waals surface area (Å²) in [4.78, 5) is 13.3. The van der Waals surface area contributed by atoms with Gasteiger partial charge in [0.05, 0.1) is 0 Å². The maximum Gasteiger partial charge on any atom is 0.323 e. The lowest BCUT2D eigenvalue weighted by Crippen LogP contribution is -2.47. The molecule has 3 N–H and O–H groups in total. The van der Waals surface area contributed by atoms with E-state index in [1.54, 1.807) is 6.92 Å². The van der Waals surface area contributed by atoms with Gasteiger partial charge in [-0.1, -0.05) is 30.3 Å². The van der Waals surface area contributed by atoms with E-state index in [0.717, 1.165) is 26.1 Å². The molecule has 1 aromatic rings. The van der Waals surface area contributed by atoms with Gasteiger partial charge in [-0.05, 0) is 37.8 Å². The first kappa shape index (κ1) is 14.0. The molecule has 2 unspecified atom stereocenters. The van der Waals surface area contributed by atoms with Gasteiger partial charge in [0.1, 0.15) is 5.54 Å². The topological polar surface area (TPSA) is 66.6 Å². The van der Waals surface area contributed by atoms with Crippen LogP contribution in [0.5, 0.6) is 0 Å². The van der Waals surface area contributed by atoms with Gasteiger partial charge in [-0.3, -0.25) is 4.79 Å². The van der Waals surface area contributed by atoms with Gasteiger partial charge in [-0.2, -0.15) is 0 Å². The van der Waals surface area contributed by atoms with Crippen LogP contribution in [-0.2, 0) is 4.79 Å². The van der Waals surface area contributed by atoms with Crippen molar-refractivity contribution in [1.29, 1.82) is 0 Å². The molecule has 1 aliphatic heterocycles. The first-order valence-corrected chi connectivity index (χ1v) is 6.78. The first-order chi connectivity index (χ1) is 8.99. The van der Waals surface area contributed by atoms with Crippen LogP contribution in [0.4, 0.5) is 0 Å². The third-order valence-electron chi connectivity index (χ3n) is 3.98. The van der Waals surface area contributed by atoms with Crippen LogP contribution in [0.25, 0.3) is 0 Å². The fraction of sp³-hybridized carbons (Fsp3) is 0.533. The molecule has 1 heterocycles. The summed E-state index contributed by atoms with van der Waals surface area (Å²) in [5.41, 5.74) is 6.01. The highest BCUT2D eigenvalue weighted by molar-refractivity contribution is 5.77. The minimum absolute atomic E-state index is 0.490. The van der Waals surface area contributed by atoms with E-state index in [0.29, 0.717) is 12.3 Å². The van der Waals surface area contributed by atoms with E-state index in [4.69, 9.17) is 10.8 Å². The Morgan fingerprint density at radius 2 is 2.16 bits per heavy atom. The summed E-state index contributed by atoms with van der Waals surface area (Å²) in [7, 11) is 0. The number of carboxylic acids is 1. The van der Waals surface area contributed by atoms with Gasteiger partial charge in [0, 0.05) is 13.1 Å².